The second kappa shape index (κ2) is 3.09. The van der Waals surface area contributed by atoms with Crippen LogP contribution in [0.3, 0.4) is 0 Å². The predicted octanol–water partition coefficient (Wildman–Crippen LogP) is 1.56. The normalized spacial score (nSPS) is 23.9. The molecule has 0 spiro atoms. The maximum atomic E-state index is 10.4. The molecule has 1 fully saturated rings. The fourth-order valence-electron chi connectivity index (χ4n) is 1.28. The summed E-state index contributed by atoms with van der Waals surface area (Å²) >= 11 is 0. The van der Waals surface area contributed by atoms with Crippen LogP contribution < -0.4 is 0 Å². The Morgan fingerprint density at radius 1 is 1.57 bits per heavy atom. The van der Waals surface area contributed by atoms with Gasteiger partial charge in [0.25, 0.3) is 5.69 Å². The van der Waals surface area contributed by atoms with Gasteiger partial charge in [0.05, 0.1) is 11.0 Å². The van der Waals surface area contributed by atoms with E-state index in [9.17, 15) is 10.1 Å². The third kappa shape index (κ3) is 1.43. The van der Waals surface area contributed by atoms with Gasteiger partial charge in [-0.25, -0.2) is 0 Å². The van der Waals surface area contributed by atoms with Gasteiger partial charge >= 0.3 is 0 Å². The van der Waals surface area contributed by atoms with Crippen LogP contribution in [0.25, 0.3) is 0 Å². The van der Waals surface area contributed by atoms with Crippen LogP contribution >= 0.6 is 0 Å². The Balaban J connectivity index is 2.25. The maximum Gasteiger partial charge on any atom is 0.269 e. The van der Waals surface area contributed by atoms with Crippen LogP contribution in [0.2, 0.25) is 0 Å². The first kappa shape index (κ1) is 8.66. The molecule has 2 atom stereocenters. The minimum atomic E-state index is -0.465. The van der Waals surface area contributed by atoms with Gasteiger partial charge in [-0.05, 0) is 5.56 Å². The van der Waals surface area contributed by atoms with Crippen LogP contribution in [0.5, 0.6) is 0 Å². The molecule has 14 heavy (non-hydrogen) atoms. The number of benzene rings is 1. The topological polar surface area (TPSA) is 79.5 Å². The minimum absolute atomic E-state index is 0.0229. The molecule has 2 rings (SSSR count). The maximum absolute atomic E-state index is 10.4. The lowest BCUT2D eigenvalue weighted by molar-refractivity contribution is -0.384. The van der Waals surface area contributed by atoms with Crippen molar-refractivity contribution in [2.45, 2.75) is 12.2 Å². The summed E-state index contributed by atoms with van der Waals surface area (Å²) in [5, 5.41) is 19.0. The summed E-state index contributed by atoms with van der Waals surface area (Å²) in [6.07, 6.45) is -0.739. The molecular weight excluding hydrogens is 184 g/mol. The highest BCUT2D eigenvalue weighted by atomic mass is 16.6. The van der Waals surface area contributed by atoms with Crippen molar-refractivity contribution in [3.8, 4) is 6.07 Å². The van der Waals surface area contributed by atoms with Gasteiger partial charge in [0.2, 0.25) is 0 Å². The van der Waals surface area contributed by atoms with Crippen LogP contribution in [0, 0.1) is 21.4 Å². The Kier molecular flexibility index (Phi) is 1.91. The number of epoxide rings is 1. The van der Waals surface area contributed by atoms with E-state index in [2.05, 4.69) is 0 Å². The molecule has 70 valence electrons. The predicted molar refractivity (Wildman–Crippen MR) is 46.3 cm³/mol. The van der Waals surface area contributed by atoms with E-state index in [1.807, 2.05) is 6.07 Å². The number of nitro benzene ring substituents is 1. The van der Waals surface area contributed by atoms with Crippen LogP contribution in [-0.4, -0.2) is 11.0 Å². The molecule has 0 aromatic heterocycles. The SMILES string of the molecule is N#CC1OC1c1cccc([N+](=O)[O-])c1. The number of hydrogen-bond acceptors (Lipinski definition) is 4. The summed E-state index contributed by atoms with van der Waals surface area (Å²) in [6.45, 7) is 0. The second-order valence-electron chi connectivity index (χ2n) is 2.96. The van der Waals surface area contributed by atoms with E-state index >= 15 is 0 Å². The van der Waals surface area contributed by atoms with Gasteiger partial charge in [-0.2, -0.15) is 5.26 Å². The molecule has 1 aliphatic rings. The molecule has 5 nitrogen and oxygen atoms in total. The van der Waals surface area contributed by atoms with Gasteiger partial charge in [0.1, 0.15) is 6.10 Å². The van der Waals surface area contributed by atoms with Gasteiger partial charge in [-0.15, -0.1) is 0 Å². The second-order valence-corrected chi connectivity index (χ2v) is 2.96. The fraction of sp³-hybridized carbons (Fsp3) is 0.222. The van der Waals surface area contributed by atoms with E-state index in [0.29, 0.717) is 5.56 Å². The molecule has 1 saturated heterocycles. The Morgan fingerprint density at radius 3 is 2.93 bits per heavy atom. The van der Waals surface area contributed by atoms with E-state index in [1.165, 1.54) is 12.1 Å². The van der Waals surface area contributed by atoms with Crippen LogP contribution in [0.4, 0.5) is 5.69 Å². The summed E-state index contributed by atoms with van der Waals surface area (Å²) in [6, 6.07) is 8.09. The van der Waals surface area contributed by atoms with Crippen molar-refractivity contribution in [2.75, 3.05) is 0 Å². The number of nitro groups is 1. The van der Waals surface area contributed by atoms with Gasteiger partial charge in [0.15, 0.2) is 6.10 Å². The van der Waals surface area contributed by atoms with Gasteiger partial charge in [-0.1, -0.05) is 12.1 Å². The molecule has 0 amide bonds. The Labute approximate surface area is 79.7 Å². The fourth-order valence-corrected chi connectivity index (χ4v) is 1.28. The lowest BCUT2D eigenvalue weighted by Gasteiger charge is -1.94. The first-order valence-corrected chi connectivity index (χ1v) is 4.02. The van der Waals surface area contributed by atoms with Crippen molar-refractivity contribution in [3.05, 3.63) is 39.9 Å². The first-order chi connectivity index (χ1) is 6.72. The Morgan fingerprint density at radius 2 is 2.36 bits per heavy atom. The number of ether oxygens (including phenoxy) is 1. The van der Waals surface area contributed by atoms with E-state index in [0.717, 1.165) is 0 Å². The Bertz CT molecular complexity index is 424. The quantitative estimate of drug-likeness (QED) is 0.402. The van der Waals surface area contributed by atoms with Crippen molar-refractivity contribution >= 4 is 5.69 Å². The third-order valence-corrected chi connectivity index (χ3v) is 2.03. The number of hydrogen-bond donors (Lipinski definition) is 0. The molecule has 1 aromatic rings. The number of rotatable bonds is 2. The molecule has 0 radical (unpaired) electrons. The number of nitriles is 1. The summed E-state index contributed by atoms with van der Waals surface area (Å²) in [5.41, 5.74) is 0.709. The molecule has 1 aliphatic heterocycles. The zero-order valence-corrected chi connectivity index (χ0v) is 7.08. The third-order valence-electron chi connectivity index (χ3n) is 2.03. The van der Waals surface area contributed by atoms with Gasteiger partial charge in [0, 0.05) is 12.1 Å². The highest BCUT2D eigenvalue weighted by molar-refractivity contribution is 5.37. The molecule has 0 saturated carbocycles. The lowest BCUT2D eigenvalue weighted by Crippen LogP contribution is -1.90. The van der Waals surface area contributed by atoms with Crippen LogP contribution in [0.1, 0.15) is 11.7 Å². The monoisotopic (exact) mass is 190 g/mol. The molecule has 1 heterocycles. The van der Waals surface area contributed by atoms with Crippen molar-refractivity contribution in [3.63, 3.8) is 0 Å². The average Bonchev–Trinajstić information content (AvgIpc) is 2.97. The molecule has 0 aliphatic carbocycles. The van der Waals surface area contributed by atoms with E-state index < -0.39 is 11.0 Å². The summed E-state index contributed by atoms with van der Waals surface area (Å²) in [4.78, 5) is 9.98. The molecular formula is C9H6N2O3. The highest BCUT2D eigenvalue weighted by Crippen LogP contribution is 2.38. The molecule has 0 N–H and O–H groups in total. The van der Waals surface area contributed by atoms with E-state index in [-0.39, 0.29) is 11.8 Å². The van der Waals surface area contributed by atoms with Crippen molar-refractivity contribution < 1.29 is 9.66 Å². The molecule has 2 unspecified atom stereocenters. The summed E-state index contributed by atoms with van der Waals surface area (Å²) < 4.78 is 5.00. The van der Waals surface area contributed by atoms with Gasteiger partial charge < -0.3 is 4.74 Å². The van der Waals surface area contributed by atoms with Crippen molar-refractivity contribution in [1.29, 1.82) is 5.26 Å². The largest absolute Gasteiger partial charge is 0.348 e. The zero-order chi connectivity index (χ0) is 10.1. The van der Waals surface area contributed by atoms with Crippen molar-refractivity contribution in [2.24, 2.45) is 0 Å². The van der Waals surface area contributed by atoms with E-state index in [1.54, 1.807) is 12.1 Å². The average molecular weight is 190 g/mol. The highest BCUT2D eigenvalue weighted by Gasteiger charge is 2.40. The Hall–Kier alpha value is -1.93. The van der Waals surface area contributed by atoms with Crippen LogP contribution in [0.15, 0.2) is 24.3 Å². The lowest BCUT2D eigenvalue weighted by atomic mass is 10.1. The number of non-ortho nitro benzene ring substituents is 1. The standard InChI is InChI=1S/C9H6N2O3/c10-5-8-9(14-8)6-2-1-3-7(4-6)11(12)13/h1-4,8-9H. The molecule has 1 aromatic carbocycles. The molecule has 0 bridgehead atoms. The first-order valence-electron chi connectivity index (χ1n) is 4.02. The zero-order valence-electron chi connectivity index (χ0n) is 7.08. The minimum Gasteiger partial charge on any atom is -0.348 e. The molecule has 5 heteroatoms. The summed E-state index contributed by atoms with van der Waals surface area (Å²) in [7, 11) is 0. The van der Waals surface area contributed by atoms with Gasteiger partial charge in [-0.3, -0.25) is 10.1 Å². The van der Waals surface area contributed by atoms with Crippen molar-refractivity contribution in [1.82, 2.24) is 0 Å². The number of nitrogens with zero attached hydrogens (tertiary/aromatic N) is 2. The van der Waals surface area contributed by atoms with E-state index in [4.69, 9.17) is 10.00 Å². The smallest absolute Gasteiger partial charge is 0.269 e. The summed E-state index contributed by atoms with van der Waals surface area (Å²) in [5.74, 6) is 0. The van der Waals surface area contributed by atoms with Crippen LogP contribution in [-0.2, 0) is 4.74 Å².